The predicted molar refractivity (Wildman–Crippen MR) is 87.4 cm³/mol. The number of para-hydroxylation sites is 2. The van der Waals surface area contributed by atoms with Crippen molar-refractivity contribution in [3.8, 4) is 0 Å². The van der Waals surface area contributed by atoms with Gasteiger partial charge in [-0.15, -0.1) is 0 Å². The molecular formula is C18H19N3. The van der Waals surface area contributed by atoms with E-state index in [0.29, 0.717) is 0 Å². The van der Waals surface area contributed by atoms with Crippen molar-refractivity contribution in [2.24, 2.45) is 0 Å². The number of aromatic nitrogens is 2. The molecule has 0 radical (unpaired) electrons. The van der Waals surface area contributed by atoms with Gasteiger partial charge in [-0.25, -0.2) is 9.97 Å². The first-order valence-corrected chi connectivity index (χ1v) is 7.33. The van der Waals surface area contributed by atoms with Crippen molar-refractivity contribution in [1.29, 1.82) is 0 Å². The highest BCUT2D eigenvalue weighted by atomic mass is 15.0. The topological polar surface area (TPSA) is 37.8 Å². The SMILES string of the molecule is CCC(Nc1nc2ccccc2nc1C)c1ccccc1. The Balaban J connectivity index is 1.95. The molecule has 2 aromatic carbocycles. The van der Waals surface area contributed by atoms with Crippen LogP contribution in [0.1, 0.15) is 30.6 Å². The van der Waals surface area contributed by atoms with Gasteiger partial charge in [-0.2, -0.15) is 0 Å². The van der Waals surface area contributed by atoms with Gasteiger partial charge >= 0.3 is 0 Å². The van der Waals surface area contributed by atoms with Crippen LogP contribution in [0, 0.1) is 6.92 Å². The minimum Gasteiger partial charge on any atom is -0.362 e. The number of anilines is 1. The Morgan fingerprint density at radius 2 is 1.52 bits per heavy atom. The van der Waals surface area contributed by atoms with Crippen molar-refractivity contribution in [2.75, 3.05) is 5.32 Å². The monoisotopic (exact) mass is 277 g/mol. The number of benzene rings is 2. The lowest BCUT2D eigenvalue weighted by molar-refractivity contribution is 0.743. The summed E-state index contributed by atoms with van der Waals surface area (Å²) in [7, 11) is 0. The standard InChI is InChI=1S/C18H19N3/c1-3-15(14-9-5-4-6-10-14)20-18-13(2)19-16-11-7-8-12-17(16)21-18/h4-12,15H,3H2,1-2H3,(H,20,21). The summed E-state index contributed by atoms with van der Waals surface area (Å²) in [6, 6.07) is 18.7. The Hall–Kier alpha value is -2.42. The van der Waals surface area contributed by atoms with Crippen LogP contribution in [0.15, 0.2) is 54.6 Å². The molecule has 0 aliphatic carbocycles. The Morgan fingerprint density at radius 3 is 2.19 bits per heavy atom. The molecule has 0 amide bonds. The molecule has 1 aromatic heterocycles. The van der Waals surface area contributed by atoms with E-state index in [1.54, 1.807) is 0 Å². The Morgan fingerprint density at radius 1 is 0.905 bits per heavy atom. The third-order valence-electron chi connectivity index (χ3n) is 3.67. The fourth-order valence-electron chi connectivity index (χ4n) is 2.50. The maximum atomic E-state index is 4.71. The molecule has 1 unspecified atom stereocenters. The second-order valence-electron chi connectivity index (χ2n) is 5.16. The van der Waals surface area contributed by atoms with Crippen LogP contribution in [-0.2, 0) is 0 Å². The smallest absolute Gasteiger partial charge is 0.148 e. The summed E-state index contributed by atoms with van der Waals surface area (Å²) >= 11 is 0. The fourth-order valence-corrected chi connectivity index (χ4v) is 2.50. The first-order valence-electron chi connectivity index (χ1n) is 7.33. The molecule has 0 aliphatic heterocycles. The summed E-state index contributed by atoms with van der Waals surface area (Å²) in [5.41, 5.74) is 4.07. The average Bonchev–Trinajstić information content (AvgIpc) is 2.53. The maximum absolute atomic E-state index is 4.71. The quantitative estimate of drug-likeness (QED) is 0.763. The van der Waals surface area contributed by atoms with E-state index in [0.717, 1.165) is 29.0 Å². The molecule has 0 bridgehead atoms. The van der Waals surface area contributed by atoms with E-state index in [-0.39, 0.29) is 6.04 Å². The molecule has 0 saturated heterocycles. The van der Waals surface area contributed by atoms with E-state index in [2.05, 4.69) is 41.5 Å². The molecule has 3 nitrogen and oxygen atoms in total. The van der Waals surface area contributed by atoms with Gasteiger partial charge in [0, 0.05) is 0 Å². The summed E-state index contributed by atoms with van der Waals surface area (Å²) in [6.45, 7) is 4.17. The summed E-state index contributed by atoms with van der Waals surface area (Å²) in [5.74, 6) is 0.865. The summed E-state index contributed by atoms with van der Waals surface area (Å²) in [4.78, 5) is 9.35. The van der Waals surface area contributed by atoms with Gasteiger partial charge in [0.15, 0.2) is 0 Å². The van der Waals surface area contributed by atoms with Gasteiger partial charge in [-0.3, -0.25) is 0 Å². The first kappa shape index (κ1) is 13.6. The van der Waals surface area contributed by atoms with E-state index >= 15 is 0 Å². The molecule has 0 aliphatic rings. The lowest BCUT2D eigenvalue weighted by Crippen LogP contribution is -2.12. The summed E-state index contributed by atoms with van der Waals surface area (Å²) in [6.07, 6.45) is 0.998. The largest absolute Gasteiger partial charge is 0.362 e. The van der Waals surface area contributed by atoms with E-state index in [4.69, 9.17) is 4.98 Å². The van der Waals surface area contributed by atoms with Crippen LogP contribution in [0.3, 0.4) is 0 Å². The zero-order valence-corrected chi connectivity index (χ0v) is 12.4. The van der Waals surface area contributed by atoms with Gasteiger partial charge in [0.1, 0.15) is 5.82 Å². The van der Waals surface area contributed by atoms with Gasteiger partial charge < -0.3 is 5.32 Å². The molecule has 3 rings (SSSR count). The number of aryl methyl sites for hydroxylation is 1. The van der Waals surface area contributed by atoms with Crippen LogP contribution in [0.2, 0.25) is 0 Å². The van der Waals surface area contributed by atoms with Gasteiger partial charge in [-0.05, 0) is 31.0 Å². The molecule has 1 heterocycles. The number of fused-ring (bicyclic) bond motifs is 1. The molecule has 1 N–H and O–H groups in total. The van der Waals surface area contributed by atoms with Crippen molar-refractivity contribution in [3.05, 3.63) is 65.9 Å². The minimum absolute atomic E-state index is 0.250. The molecule has 3 aromatic rings. The van der Waals surface area contributed by atoms with Crippen LogP contribution in [-0.4, -0.2) is 9.97 Å². The van der Waals surface area contributed by atoms with Crippen molar-refractivity contribution in [2.45, 2.75) is 26.3 Å². The number of nitrogens with zero attached hydrogens (tertiary/aromatic N) is 2. The highest BCUT2D eigenvalue weighted by molar-refractivity contribution is 5.76. The Kier molecular flexibility index (Phi) is 3.82. The lowest BCUT2D eigenvalue weighted by Gasteiger charge is -2.19. The minimum atomic E-state index is 0.250. The van der Waals surface area contributed by atoms with E-state index in [1.807, 2.05) is 37.3 Å². The molecule has 0 saturated carbocycles. The molecular weight excluding hydrogens is 258 g/mol. The highest BCUT2D eigenvalue weighted by Gasteiger charge is 2.12. The second kappa shape index (κ2) is 5.92. The zero-order valence-electron chi connectivity index (χ0n) is 12.4. The van der Waals surface area contributed by atoms with Crippen LogP contribution in [0.5, 0.6) is 0 Å². The number of hydrogen-bond acceptors (Lipinski definition) is 3. The van der Waals surface area contributed by atoms with Crippen molar-refractivity contribution in [1.82, 2.24) is 9.97 Å². The molecule has 1 atom stereocenters. The second-order valence-corrected chi connectivity index (χ2v) is 5.16. The molecule has 3 heteroatoms. The predicted octanol–water partition coefficient (Wildman–Crippen LogP) is 4.50. The Labute approximate surface area is 125 Å². The average molecular weight is 277 g/mol. The Bertz CT molecular complexity index is 738. The maximum Gasteiger partial charge on any atom is 0.148 e. The fraction of sp³-hybridized carbons (Fsp3) is 0.222. The number of hydrogen-bond donors (Lipinski definition) is 1. The number of nitrogens with one attached hydrogen (secondary N) is 1. The van der Waals surface area contributed by atoms with Gasteiger partial charge in [0.25, 0.3) is 0 Å². The highest BCUT2D eigenvalue weighted by Crippen LogP contribution is 2.24. The van der Waals surface area contributed by atoms with E-state index in [1.165, 1.54) is 5.56 Å². The van der Waals surface area contributed by atoms with Crippen molar-refractivity contribution in [3.63, 3.8) is 0 Å². The van der Waals surface area contributed by atoms with Gasteiger partial charge in [0.05, 0.1) is 22.8 Å². The van der Waals surface area contributed by atoms with Crippen molar-refractivity contribution < 1.29 is 0 Å². The van der Waals surface area contributed by atoms with E-state index < -0.39 is 0 Å². The summed E-state index contributed by atoms with van der Waals surface area (Å²) in [5, 5.41) is 3.53. The van der Waals surface area contributed by atoms with E-state index in [9.17, 15) is 0 Å². The van der Waals surface area contributed by atoms with Gasteiger partial charge in [0.2, 0.25) is 0 Å². The van der Waals surface area contributed by atoms with Crippen LogP contribution < -0.4 is 5.32 Å². The third-order valence-corrected chi connectivity index (χ3v) is 3.67. The zero-order chi connectivity index (χ0) is 14.7. The molecule has 0 fully saturated rings. The molecule has 0 spiro atoms. The summed E-state index contributed by atoms with van der Waals surface area (Å²) < 4.78 is 0. The number of rotatable bonds is 4. The molecule has 21 heavy (non-hydrogen) atoms. The lowest BCUT2D eigenvalue weighted by atomic mass is 10.0. The van der Waals surface area contributed by atoms with Crippen LogP contribution in [0.25, 0.3) is 11.0 Å². The van der Waals surface area contributed by atoms with Crippen molar-refractivity contribution >= 4 is 16.9 Å². The third kappa shape index (κ3) is 2.87. The van der Waals surface area contributed by atoms with Gasteiger partial charge in [-0.1, -0.05) is 49.4 Å². The van der Waals surface area contributed by atoms with Crippen LogP contribution >= 0.6 is 0 Å². The normalized spacial score (nSPS) is 12.3. The molecule has 106 valence electrons. The first-order chi connectivity index (χ1) is 10.3. The van der Waals surface area contributed by atoms with Crippen LogP contribution in [0.4, 0.5) is 5.82 Å².